The highest BCUT2D eigenvalue weighted by atomic mass is 16.2. The highest BCUT2D eigenvalue weighted by molar-refractivity contribution is 5.97. The molecule has 0 aromatic carbocycles. The molecule has 0 radical (unpaired) electrons. The third-order valence-electron chi connectivity index (χ3n) is 6.26. The van der Waals surface area contributed by atoms with Crippen molar-refractivity contribution in [2.45, 2.75) is 77.3 Å². The lowest BCUT2D eigenvalue weighted by Gasteiger charge is -2.35. The molecule has 1 aromatic rings. The van der Waals surface area contributed by atoms with Crippen LogP contribution in [0.5, 0.6) is 0 Å². The first-order valence-corrected chi connectivity index (χ1v) is 10.4. The van der Waals surface area contributed by atoms with Gasteiger partial charge in [0.15, 0.2) is 5.82 Å². The van der Waals surface area contributed by atoms with Crippen LogP contribution in [0.3, 0.4) is 0 Å². The Morgan fingerprint density at radius 2 is 1.69 bits per heavy atom. The maximum Gasteiger partial charge on any atom is 0.290 e. The fourth-order valence-electron chi connectivity index (χ4n) is 4.77. The van der Waals surface area contributed by atoms with Crippen molar-refractivity contribution in [3.05, 3.63) is 17.2 Å². The first-order chi connectivity index (χ1) is 12.7. The van der Waals surface area contributed by atoms with Gasteiger partial charge in [-0.3, -0.25) is 9.59 Å². The predicted molar refractivity (Wildman–Crippen MR) is 99.3 cm³/mol. The second kappa shape index (κ2) is 7.41. The summed E-state index contributed by atoms with van der Waals surface area (Å²) in [6, 6.07) is 0.311. The molecule has 1 atom stereocenters. The maximum atomic E-state index is 13.3. The Hall–Kier alpha value is -1.85. The van der Waals surface area contributed by atoms with Gasteiger partial charge in [-0.25, -0.2) is 4.98 Å². The molecule has 4 heterocycles. The van der Waals surface area contributed by atoms with Crippen molar-refractivity contribution in [3.8, 4) is 0 Å². The summed E-state index contributed by atoms with van der Waals surface area (Å²) in [6.45, 7) is 5.41. The van der Waals surface area contributed by atoms with Crippen LogP contribution < -0.4 is 0 Å². The number of hydrogen-bond acceptors (Lipinski definition) is 3. The average molecular weight is 358 g/mol. The SMILES string of the molecule is CCC1CCCCN1C(=O)c1nc(C(=O)N2CCCC2)c2n1CCCC2. The Morgan fingerprint density at radius 1 is 0.962 bits per heavy atom. The minimum atomic E-state index is 0.0258. The molecular weight excluding hydrogens is 328 g/mol. The van der Waals surface area contributed by atoms with Crippen LogP contribution in [0.4, 0.5) is 0 Å². The van der Waals surface area contributed by atoms with Gasteiger partial charge in [-0.2, -0.15) is 0 Å². The lowest BCUT2D eigenvalue weighted by molar-refractivity contribution is 0.0589. The van der Waals surface area contributed by atoms with E-state index in [4.69, 9.17) is 0 Å². The Balaban J connectivity index is 1.67. The van der Waals surface area contributed by atoms with Crippen LogP contribution in [0.1, 0.15) is 85.1 Å². The summed E-state index contributed by atoms with van der Waals surface area (Å²) >= 11 is 0. The number of hydrogen-bond donors (Lipinski definition) is 0. The van der Waals surface area contributed by atoms with E-state index in [0.29, 0.717) is 17.6 Å². The van der Waals surface area contributed by atoms with E-state index in [0.717, 1.165) is 83.2 Å². The topological polar surface area (TPSA) is 58.4 Å². The van der Waals surface area contributed by atoms with Crippen molar-refractivity contribution in [2.24, 2.45) is 0 Å². The molecule has 2 saturated heterocycles. The van der Waals surface area contributed by atoms with Crippen molar-refractivity contribution in [1.82, 2.24) is 19.4 Å². The zero-order chi connectivity index (χ0) is 18.1. The van der Waals surface area contributed by atoms with Crippen molar-refractivity contribution >= 4 is 11.8 Å². The van der Waals surface area contributed by atoms with E-state index in [1.54, 1.807) is 0 Å². The zero-order valence-corrected chi connectivity index (χ0v) is 15.9. The molecule has 26 heavy (non-hydrogen) atoms. The smallest absolute Gasteiger partial charge is 0.290 e. The Morgan fingerprint density at radius 3 is 2.46 bits per heavy atom. The molecular formula is C20H30N4O2. The van der Waals surface area contributed by atoms with Gasteiger partial charge in [0, 0.05) is 32.2 Å². The Labute approximate surface area is 155 Å². The summed E-state index contributed by atoms with van der Waals surface area (Å²) in [6.07, 6.45) is 9.44. The number of amides is 2. The molecule has 0 bridgehead atoms. The van der Waals surface area contributed by atoms with Crippen molar-refractivity contribution in [3.63, 3.8) is 0 Å². The molecule has 0 aliphatic carbocycles. The second-order valence-corrected chi connectivity index (χ2v) is 7.90. The van der Waals surface area contributed by atoms with Crippen LogP contribution in [0, 0.1) is 0 Å². The van der Waals surface area contributed by atoms with Crippen molar-refractivity contribution in [2.75, 3.05) is 19.6 Å². The van der Waals surface area contributed by atoms with E-state index in [1.807, 2.05) is 9.80 Å². The number of imidazole rings is 1. The highest BCUT2D eigenvalue weighted by Crippen LogP contribution is 2.27. The van der Waals surface area contributed by atoms with Crippen molar-refractivity contribution < 1.29 is 9.59 Å². The lowest BCUT2D eigenvalue weighted by atomic mass is 10.00. The molecule has 3 aliphatic heterocycles. The number of aromatic nitrogens is 2. The fraction of sp³-hybridized carbons (Fsp3) is 0.750. The molecule has 2 amide bonds. The maximum absolute atomic E-state index is 13.3. The molecule has 0 saturated carbocycles. The van der Waals surface area contributed by atoms with E-state index >= 15 is 0 Å². The molecule has 6 nitrogen and oxygen atoms in total. The van der Waals surface area contributed by atoms with Gasteiger partial charge in [-0.15, -0.1) is 0 Å². The summed E-state index contributed by atoms with van der Waals surface area (Å²) in [5, 5.41) is 0. The van der Waals surface area contributed by atoms with Gasteiger partial charge < -0.3 is 14.4 Å². The largest absolute Gasteiger partial charge is 0.337 e. The van der Waals surface area contributed by atoms with Gasteiger partial charge in [-0.1, -0.05) is 6.92 Å². The van der Waals surface area contributed by atoms with Gasteiger partial charge in [0.2, 0.25) is 0 Å². The standard InChI is InChI=1S/C20H30N4O2/c1-2-15-9-3-5-13-23(15)20(26)18-21-17(16-10-4-6-14-24(16)18)19(25)22-11-7-8-12-22/h15H,2-14H2,1H3. The van der Waals surface area contributed by atoms with Crippen molar-refractivity contribution in [1.29, 1.82) is 0 Å². The van der Waals surface area contributed by atoms with E-state index in [2.05, 4.69) is 16.5 Å². The third kappa shape index (κ3) is 3.03. The van der Waals surface area contributed by atoms with Gasteiger partial charge in [0.05, 0.1) is 5.69 Å². The van der Waals surface area contributed by atoms with E-state index in [-0.39, 0.29) is 11.8 Å². The molecule has 142 valence electrons. The Kier molecular flexibility index (Phi) is 5.00. The summed E-state index contributed by atoms with van der Waals surface area (Å²) in [5.41, 5.74) is 1.53. The second-order valence-electron chi connectivity index (χ2n) is 7.90. The van der Waals surface area contributed by atoms with Crippen LogP contribution in [0.25, 0.3) is 0 Å². The number of carbonyl (C=O) groups is 2. The molecule has 0 N–H and O–H groups in total. The first kappa shape index (κ1) is 17.6. The number of rotatable bonds is 3. The monoisotopic (exact) mass is 358 g/mol. The quantitative estimate of drug-likeness (QED) is 0.835. The van der Waals surface area contributed by atoms with Gasteiger partial charge in [-0.05, 0) is 57.8 Å². The number of carbonyl (C=O) groups excluding carboxylic acids is 2. The van der Waals surface area contributed by atoms with E-state index in [1.165, 1.54) is 6.42 Å². The minimum Gasteiger partial charge on any atom is -0.337 e. The van der Waals surface area contributed by atoms with Crippen LogP contribution >= 0.6 is 0 Å². The lowest BCUT2D eigenvalue weighted by Crippen LogP contribution is -2.44. The first-order valence-electron chi connectivity index (χ1n) is 10.4. The predicted octanol–water partition coefficient (Wildman–Crippen LogP) is 2.86. The number of nitrogens with zero attached hydrogens (tertiary/aromatic N) is 4. The Bertz CT molecular complexity index is 690. The van der Waals surface area contributed by atoms with Crippen LogP contribution in [0.2, 0.25) is 0 Å². The molecule has 1 unspecified atom stereocenters. The van der Waals surface area contributed by atoms with Gasteiger partial charge in [0.1, 0.15) is 5.69 Å². The number of fused-ring (bicyclic) bond motifs is 1. The normalized spacial score (nSPS) is 23.2. The number of piperidine rings is 1. The summed E-state index contributed by atoms with van der Waals surface area (Å²) in [4.78, 5) is 34.9. The highest BCUT2D eigenvalue weighted by Gasteiger charge is 2.34. The summed E-state index contributed by atoms with van der Waals surface area (Å²) in [7, 11) is 0. The fourth-order valence-corrected chi connectivity index (χ4v) is 4.77. The molecule has 3 aliphatic rings. The van der Waals surface area contributed by atoms with Crippen LogP contribution in [0.15, 0.2) is 0 Å². The number of likely N-dealkylation sites (tertiary alicyclic amines) is 2. The minimum absolute atomic E-state index is 0.0258. The third-order valence-corrected chi connectivity index (χ3v) is 6.26. The molecule has 0 spiro atoms. The zero-order valence-electron chi connectivity index (χ0n) is 15.9. The summed E-state index contributed by atoms with van der Waals surface area (Å²) in [5.74, 6) is 0.556. The molecule has 4 rings (SSSR count). The molecule has 2 fully saturated rings. The van der Waals surface area contributed by atoms with E-state index in [9.17, 15) is 9.59 Å². The molecule has 1 aromatic heterocycles. The van der Waals surface area contributed by atoms with Gasteiger partial charge >= 0.3 is 0 Å². The van der Waals surface area contributed by atoms with Crippen LogP contribution in [-0.2, 0) is 13.0 Å². The molecule has 6 heteroatoms. The van der Waals surface area contributed by atoms with E-state index < -0.39 is 0 Å². The average Bonchev–Trinajstić information content (AvgIpc) is 3.35. The van der Waals surface area contributed by atoms with Gasteiger partial charge in [0.25, 0.3) is 11.8 Å². The van der Waals surface area contributed by atoms with Crippen LogP contribution in [-0.4, -0.2) is 56.8 Å². The summed E-state index contributed by atoms with van der Waals surface area (Å²) < 4.78 is 2.05.